The van der Waals surface area contributed by atoms with E-state index in [0.717, 1.165) is 28.7 Å². The van der Waals surface area contributed by atoms with Gasteiger partial charge in [-0.2, -0.15) is 5.26 Å². The number of aromatic hydroxyl groups is 1. The van der Waals surface area contributed by atoms with E-state index in [-0.39, 0.29) is 5.75 Å². The molecule has 0 saturated carbocycles. The Bertz CT molecular complexity index is 743. The summed E-state index contributed by atoms with van der Waals surface area (Å²) in [7, 11) is 0. The summed E-state index contributed by atoms with van der Waals surface area (Å²) in [5, 5.41) is 19.8. The molecule has 0 spiro atoms. The Labute approximate surface area is 129 Å². The van der Waals surface area contributed by atoms with E-state index in [2.05, 4.69) is 27.0 Å². The first kappa shape index (κ1) is 13.3. The summed E-state index contributed by atoms with van der Waals surface area (Å²) in [5.74, 6) is 0.180. The van der Waals surface area contributed by atoms with E-state index >= 15 is 0 Å². The Morgan fingerprint density at radius 1 is 1.40 bits per heavy atom. The van der Waals surface area contributed by atoms with Crippen LogP contribution in [0.3, 0.4) is 0 Å². The minimum atomic E-state index is 0.180. The van der Waals surface area contributed by atoms with E-state index in [1.165, 1.54) is 10.4 Å². The number of phenols is 1. The van der Waals surface area contributed by atoms with Crippen LogP contribution >= 0.6 is 27.3 Å². The smallest absolute Gasteiger partial charge is 0.134 e. The predicted molar refractivity (Wildman–Crippen MR) is 84.1 cm³/mol. The summed E-state index contributed by atoms with van der Waals surface area (Å²) in [6.07, 6.45) is 4.77. The van der Waals surface area contributed by atoms with Gasteiger partial charge in [-0.1, -0.05) is 15.9 Å². The molecule has 1 heterocycles. The van der Waals surface area contributed by atoms with Gasteiger partial charge in [0.2, 0.25) is 0 Å². The number of phenolic OH excluding ortho intramolecular Hbond substituents is 1. The highest BCUT2D eigenvalue weighted by Crippen LogP contribution is 2.40. The maximum atomic E-state index is 9.78. The SMILES string of the molecule is N#Cc1c(N=Cc2cc(Br)ccc2O)sc2c1CCC2. The maximum absolute atomic E-state index is 9.78. The van der Waals surface area contributed by atoms with Crippen LogP contribution in [0.5, 0.6) is 5.75 Å². The molecule has 1 N–H and O–H groups in total. The van der Waals surface area contributed by atoms with Crippen molar-refractivity contribution in [2.45, 2.75) is 19.3 Å². The van der Waals surface area contributed by atoms with Gasteiger partial charge in [0.25, 0.3) is 0 Å². The van der Waals surface area contributed by atoms with Crippen LogP contribution in [0, 0.1) is 11.3 Å². The van der Waals surface area contributed by atoms with Crippen LogP contribution < -0.4 is 0 Å². The van der Waals surface area contributed by atoms with Crippen molar-refractivity contribution in [3.8, 4) is 11.8 Å². The van der Waals surface area contributed by atoms with Gasteiger partial charge in [-0.15, -0.1) is 11.3 Å². The van der Waals surface area contributed by atoms with Crippen LogP contribution in [0.4, 0.5) is 5.00 Å². The van der Waals surface area contributed by atoms with E-state index < -0.39 is 0 Å². The number of thiophene rings is 1. The average molecular weight is 347 g/mol. The van der Waals surface area contributed by atoms with E-state index in [1.807, 2.05) is 0 Å². The van der Waals surface area contributed by atoms with Gasteiger partial charge in [0.1, 0.15) is 16.8 Å². The number of fused-ring (bicyclic) bond motifs is 1. The second-order valence-corrected chi connectivity index (χ2v) is 6.61. The van der Waals surface area contributed by atoms with Gasteiger partial charge < -0.3 is 5.11 Å². The molecule has 1 aromatic heterocycles. The first-order valence-corrected chi connectivity index (χ1v) is 7.87. The number of hydrogen-bond donors (Lipinski definition) is 1. The third-order valence-corrected chi connectivity index (χ3v) is 5.02. The molecule has 0 aliphatic heterocycles. The highest BCUT2D eigenvalue weighted by Gasteiger charge is 2.21. The molecule has 100 valence electrons. The number of nitrogens with zero attached hydrogens (tertiary/aromatic N) is 2. The predicted octanol–water partition coefficient (Wildman–Crippen LogP) is 4.33. The van der Waals surface area contributed by atoms with Crippen molar-refractivity contribution >= 4 is 38.5 Å². The molecular weight excluding hydrogens is 336 g/mol. The Kier molecular flexibility index (Phi) is 3.60. The molecule has 20 heavy (non-hydrogen) atoms. The molecule has 0 amide bonds. The number of hydrogen-bond acceptors (Lipinski definition) is 4. The van der Waals surface area contributed by atoms with Crippen molar-refractivity contribution in [3.05, 3.63) is 44.2 Å². The summed E-state index contributed by atoms with van der Waals surface area (Å²) in [4.78, 5) is 5.69. The van der Waals surface area contributed by atoms with Gasteiger partial charge in [-0.25, -0.2) is 4.99 Å². The Balaban J connectivity index is 1.98. The third-order valence-electron chi connectivity index (χ3n) is 3.32. The first-order chi connectivity index (χ1) is 9.69. The lowest BCUT2D eigenvalue weighted by atomic mass is 10.1. The Hall–Kier alpha value is -1.64. The topological polar surface area (TPSA) is 56.4 Å². The standard InChI is InChI=1S/C15H11BrN2OS/c16-10-4-5-13(19)9(6-10)8-18-15-12(7-17)11-2-1-3-14(11)20-15/h4-6,8,19H,1-3H2. The van der Waals surface area contributed by atoms with Crippen molar-refractivity contribution in [3.63, 3.8) is 0 Å². The zero-order valence-corrected chi connectivity index (χ0v) is 13.0. The van der Waals surface area contributed by atoms with Gasteiger partial charge >= 0.3 is 0 Å². The third kappa shape index (κ3) is 2.37. The van der Waals surface area contributed by atoms with Crippen molar-refractivity contribution in [2.24, 2.45) is 4.99 Å². The highest BCUT2D eigenvalue weighted by atomic mass is 79.9. The second-order valence-electron chi connectivity index (χ2n) is 4.61. The molecule has 0 radical (unpaired) electrons. The van der Waals surface area contributed by atoms with E-state index in [0.29, 0.717) is 11.1 Å². The summed E-state index contributed by atoms with van der Waals surface area (Å²) >= 11 is 4.95. The second kappa shape index (κ2) is 5.39. The van der Waals surface area contributed by atoms with Gasteiger partial charge in [0, 0.05) is 21.1 Å². The number of nitriles is 1. The molecule has 0 saturated heterocycles. The van der Waals surface area contributed by atoms with Crippen molar-refractivity contribution in [1.29, 1.82) is 5.26 Å². The lowest BCUT2D eigenvalue weighted by Crippen LogP contribution is -1.83. The highest BCUT2D eigenvalue weighted by molar-refractivity contribution is 9.10. The summed E-state index contributed by atoms with van der Waals surface area (Å²) < 4.78 is 0.880. The largest absolute Gasteiger partial charge is 0.507 e. The van der Waals surface area contributed by atoms with Gasteiger partial charge in [0.15, 0.2) is 0 Å². The molecule has 5 heteroatoms. The zero-order chi connectivity index (χ0) is 14.1. The van der Waals surface area contributed by atoms with Crippen LogP contribution in [0.1, 0.15) is 28.0 Å². The molecule has 1 aliphatic carbocycles. The molecule has 1 aliphatic rings. The maximum Gasteiger partial charge on any atom is 0.134 e. The number of aryl methyl sites for hydroxylation is 1. The van der Waals surface area contributed by atoms with Crippen molar-refractivity contribution in [1.82, 2.24) is 0 Å². The minimum Gasteiger partial charge on any atom is -0.507 e. The summed E-state index contributed by atoms with van der Waals surface area (Å²) in [6, 6.07) is 7.45. The fourth-order valence-corrected chi connectivity index (χ4v) is 3.92. The lowest BCUT2D eigenvalue weighted by Gasteiger charge is -1.99. The van der Waals surface area contributed by atoms with E-state index in [1.54, 1.807) is 35.8 Å². The van der Waals surface area contributed by atoms with E-state index in [4.69, 9.17) is 0 Å². The molecule has 0 fully saturated rings. The number of aliphatic imine (C=N–C) groups is 1. The molecule has 0 bridgehead atoms. The quantitative estimate of drug-likeness (QED) is 0.822. The minimum absolute atomic E-state index is 0.180. The zero-order valence-electron chi connectivity index (χ0n) is 10.6. The lowest BCUT2D eigenvalue weighted by molar-refractivity contribution is 0.474. The van der Waals surface area contributed by atoms with Crippen LogP contribution in [-0.4, -0.2) is 11.3 Å². The van der Waals surface area contributed by atoms with E-state index in [9.17, 15) is 10.4 Å². The van der Waals surface area contributed by atoms with Gasteiger partial charge in [-0.3, -0.25) is 0 Å². The first-order valence-electron chi connectivity index (χ1n) is 6.26. The summed E-state index contributed by atoms with van der Waals surface area (Å²) in [5.41, 5.74) is 2.51. The van der Waals surface area contributed by atoms with Crippen molar-refractivity contribution in [2.75, 3.05) is 0 Å². The molecule has 2 aromatic rings. The summed E-state index contributed by atoms with van der Waals surface area (Å²) in [6.45, 7) is 0. The van der Waals surface area contributed by atoms with Crippen molar-refractivity contribution < 1.29 is 5.11 Å². The fourth-order valence-electron chi connectivity index (χ4n) is 2.35. The number of benzene rings is 1. The van der Waals surface area contributed by atoms with Crippen LogP contribution in [0.25, 0.3) is 0 Å². The molecule has 0 unspecified atom stereocenters. The normalized spacial score (nSPS) is 13.6. The molecule has 0 atom stereocenters. The van der Waals surface area contributed by atoms with Crippen LogP contribution in [0.2, 0.25) is 0 Å². The number of rotatable bonds is 2. The number of halogens is 1. The molecule has 3 nitrogen and oxygen atoms in total. The monoisotopic (exact) mass is 346 g/mol. The Morgan fingerprint density at radius 2 is 2.25 bits per heavy atom. The van der Waals surface area contributed by atoms with Crippen LogP contribution in [-0.2, 0) is 12.8 Å². The van der Waals surface area contributed by atoms with Crippen LogP contribution in [0.15, 0.2) is 27.7 Å². The average Bonchev–Trinajstić information content (AvgIpc) is 2.99. The molecule has 1 aromatic carbocycles. The van der Waals surface area contributed by atoms with Gasteiger partial charge in [0.05, 0.1) is 5.56 Å². The fraction of sp³-hybridized carbons (Fsp3) is 0.200. The molecular formula is C15H11BrN2OS. The molecule has 3 rings (SSSR count). The Morgan fingerprint density at radius 3 is 3.05 bits per heavy atom. The van der Waals surface area contributed by atoms with Gasteiger partial charge in [-0.05, 0) is 43.0 Å².